The van der Waals surface area contributed by atoms with Gasteiger partial charge in [-0.3, -0.25) is 0 Å². The molecule has 0 aliphatic carbocycles. The summed E-state index contributed by atoms with van der Waals surface area (Å²) in [6.07, 6.45) is -3.05. The lowest BCUT2D eigenvalue weighted by Gasteiger charge is -2.21. The van der Waals surface area contributed by atoms with Crippen molar-refractivity contribution in [2.45, 2.75) is 44.3 Å². The number of halogens is 3. The van der Waals surface area contributed by atoms with E-state index in [0.717, 1.165) is 25.0 Å². The number of carbonyl (C=O) groups is 1. The van der Waals surface area contributed by atoms with Crippen molar-refractivity contribution < 1.29 is 23.1 Å². The highest BCUT2D eigenvalue weighted by Crippen LogP contribution is 2.24. The van der Waals surface area contributed by atoms with Crippen LogP contribution in [0.5, 0.6) is 0 Å². The molecule has 0 bridgehead atoms. The molecule has 0 radical (unpaired) electrons. The number of nitrogens with zero attached hydrogens (tertiary/aromatic N) is 1. The third-order valence-corrected chi connectivity index (χ3v) is 4.07. The first kappa shape index (κ1) is 15.5. The minimum absolute atomic E-state index is 0.0533. The van der Waals surface area contributed by atoms with Gasteiger partial charge in [-0.25, -0.2) is 4.79 Å². The van der Waals surface area contributed by atoms with E-state index in [4.69, 9.17) is 5.11 Å². The van der Waals surface area contributed by atoms with Crippen molar-refractivity contribution >= 4 is 17.9 Å². The van der Waals surface area contributed by atoms with E-state index in [1.54, 1.807) is 0 Å². The molecule has 7 heteroatoms. The molecule has 18 heavy (non-hydrogen) atoms. The van der Waals surface area contributed by atoms with Crippen LogP contribution in [0.3, 0.4) is 0 Å². The van der Waals surface area contributed by atoms with Crippen LogP contribution in [-0.4, -0.2) is 46.4 Å². The van der Waals surface area contributed by atoms with Gasteiger partial charge >= 0.3 is 12.3 Å². The first-order chi connectivity index (χ1) is 8.40. The van der Waals surface area contributed by atoms with Gasteiger partial charge in [0, 0.05) is 19.0 Å². The number of amides is 1. The molecule has 1 saturated heterocycles. The van der Waals surface area contributed by atoms with Gasteiger partial charge in [-0.2, -0.15) is 24.9 Å². The Morgan fingerprint density at radius 3 is 2.72 bits per heavy atom. The van der Waals surface area contributed by atoms with Crippen LogP contribution in [0, 0.1) is 0 Å². The lowest BCUT2D eigenvalue weighted by atomic mass is 10.2. The molecule has 1 N–H and O–H groups in total. The summed E-state index contributed by atoms with van der Waals surface area (Å²) in [5, 5.41) is 8.91. The van der Waals surface area contributed by atoms with Crippen molar-refractivity contribution in [1.29, 1.82) is 0 Å². The Morgan fingerprint density at radius 2 is 2.11 bits per heavy atom. The van der Waals surface area contributed by atoms with E-state index in [1.165, 1.54) is 16.7 Å². The second-order valence-electron chi connectivity index (χ2n) is 4.39. The van der Waals surface area contributed by atoms with Gasteiger partial charge in [0.05, 0.1) is 0 Å². The molecule has 0 saturated carbocycles. The molecule has 1 heterocycles. The normalized spacial score (nSPS) is 20.4. The molecule has 1 aliphatic rings. The number of carboxylic acid groups (broad SMARTS) is 1. The molecule has 3 nitrogen and oxygen atoms in total. The maximum atomic E-state index is 11.9. The maximum absolute atomic E-state index is 11.9. The fourth-order valence-corrected chi connectivity index (χ4v) is 3.08. The summed E-state index contributed by atoms with van der Waals surface area (Å²) in [6.45, 7) is 0.582. The summed E-state index contributed by atoms with van der Waals surface area (Å²) < 4.78 is 35.6. The van der Waals surface area contributed by atoms with Gasteiger partial charge in [0.15, 0.2) is 0 Å². The van der Waals surface area contributed by atoms with Crippen LogP contribution in [0.15, 0.2) is 0 Å². The van der Waals surface area contributed by atoms with Crippen LogP contribution in [0.1, 0.15) is 32.1 Å². The van der Waals surface area contributed by atoms with Crippen LogP contribution in [0.4, 0.5) is 18.0 Å². The maximum Gasteiger partial charge on any atom is 0.407 e. The van der Waals surface area contributed by atoms with E-state index in [2.05, 4.69) is 0 Å². The van der Waals surface area contributed by atoms with E-state index < -0.39 is 18.7 Å². The quantitative estimate of drug-likeness (QED) is 0.758. The van der Waals surface area contributed by atoms with Gasteiger partial charge < -0.3 is 10.0 Å². The van der Waals surface area contributed by atoms with Crippen molar-refractivity contribution in [3.8, 4) is 0 Å². The largest absolute Gasteiger partial charge is 0.465 e. The van der Waals surface area contributed by atoms with E-state index in [9.17, 15) is 18.0 Å². The molecule has 1 aliphatic heterocycles. The van der Waals surface area contributed by atoms with Crippen molar-refractivity contribution in [3.63, 3.8) is 0 Å². The zero-order valence-electron chi connectivity index (χ0n) is 10.1. The van der Waals surface area contributed by atoms with Crippen molar-refractivity contribution in [2.24, 2.45) is 0 Å². The third-order valence-electron chi connectivity index (χ3n) is 2.97. The lowest BCUT2D eigenvalue weighted by Crippen LogP contribution is -2.34. The molecular weight excluding hydrogens is 267 g/mol. The Hall–Kier alpha value is -0.590. The molecule has 1 atom stereocenters. The molecule has 0 unspecified atom stereocenters. The van der Waals surface area contributed by atoms with E-state index >= 15 is 0 Å². The van der Waals surface area contributed by atoms with Gasteiger partial charge in [-0.15, -0.1) is 0 Å². The second-order valence-corrected chi connectivity index (χ2v) is 5.62. The molecule has 1 amide bonds. The highest BCUT2D eigenvalue weighted by atomic mass is 32.2. The van der Waals surface area contributed by atoms with Crippen LogP contribution < -0.4 is 0 Å². The van der Waals surface area contributed by atoms with E-state index in [0.29, 0.717) is 12.3 Å². The molecular formula is C11H18F3NO2S. The van der Waals surface area contributed by atoms with E-state index in [-0.39, 0.29) is 12.5 Å². The topological polar surface area (TPSA) is 40.5 Å². The molecule has 0 aromatic carbocycles. The van der Waals surface area contributed by atoms with Crippen molar-refractivity contribution in [3.05, 3.63) is 0 Å². The highest BCUT2D eigenvalue weighted by molar-refractivity contribution is 7.99. The summed E-state index contributed by atoms with van der Waals surface area (Å²) in [6, 6.07) is 0.0533. The number of thioether (sulfide) groups is 1. The average Bonchev–Trinajstić information content (AvgIpc) is 2.69. The van der Waals surface area contributed by atoms with Gasteiger partial charge in [0.25, 0.3) is 0 Å². The Labute approximate surface area is 109 Å². The number of alkyl halides is 3. The summed E-state index contributed by atoms with van der Waals surface area (Å²) in [4.78, 5) is 12.3. The first-order valence-electron chi connectivity index (χ1n) is 6.04. The molecule has 0 spiro atoms. The SMILES string of the molecule is O=C(O)N1CCC[C@H]1CCSCCCC(F)(F)F. The molecule has 1 rings (SSSR count). The molecule has 106 valence electrons. The minimum atomic E-state index is -4.06. The van der Waals surface area contributed by atoms with Crippen molar-refractivity contribution in [2.75, 3.05) is 18.1 Å². The number of rotatable bonds is 6. The Kier molecular flexibility index (Phi) is 6.11. The van der Waals surface area contributed by atoms with Crippen LogP contribution in [0.25, 0.3) is 0 Å². The standard InChI is InChI=1S/C11H18F3NO2S/c12-11(13,14)5-2-7-18-8-4-9-3-1-6-15(9)10(16)17/h9H,1-8H2,(H,16,17)/t9-/m0/s1. The van der Waals surface area contributed by atoms with Crippen LogP contribution in [-0.2, 0) is 0 Å². The fourth-order valence-electron chi connectivity index (χ4n) is 2.08. The Morgan fingerprint density at radius 1 is 1.39 bits per heavy atom. The summed E-state index contributed by atoms with van der Waals surface area (Å²) in [5.74, 6) is 1.21. The zero-order valence-corrected chi connectivity index (χ0v) is 10.9. The lowest BCUT2D eigenvalue weighted by molar-refractivity contribution is -0.134. The predicted octanol–water partition coefficient (Wildman–Crippen LogP) is 3.59. The summed E-state index contributed by atoms with van der Waals surface area (Å²) >= 11 is 1.47. The Balaban J connectivity index is 2.06. The van der Waals surface area contributed by atoms with Gasteiger partial charge in [0.1, 0.15) is 0 Å². The van der Waals surface area contributed by atoms with E-state index in [1.807, 2.05) is 0 Å². The third kappa shape index (κ3) is 5.84. The number of hydrogen-bond donors (Lipinski definition) is 1. The molecule has 0 aromatic heterocycles. The van der Waals surface area contributed by atoms with Gasteiger partial charge in [-0.05, 0) is 37.2 Å². The molecule has 0 aromatic rings. The monoisotopic (exact) mass is 285 g/mol. The highest BCUT2D eigenvalue weighted by Gasteiger charge is 2.28. The van der Waals surface area contributed by atoms with Crippen LogP contribution >= 0.6 is 11.8 Å². The molecule has 1 fully saturated rings. The van der Waals surface area contributed by atoms with Crippen molar-refractivity contribution in [1.82, 2.24) is 4.90 Å². The average molecular weight is 285 g/mol. The predicted molar refractivity (Wildman–Crippen MR) is 65.0 cm³/mol. The summed E-state index contributed by atoms with van der Waals surface area (Å²) in [7, 11) is 0. The van der Waals surface area contributed by atoms with Crippen LogP contribution in [0.2, 0.25) is 0 Å². The second kappa shape index (κ2) is 7.11. The number of hydrogen-bond acceptors (Lipinski definition) is 2. The Bertz CT molecular complexity index is 274. The first-order valence-corrected chi connectivity index (χ1v) is 7.19. The van der Waals surface area contributed by atoms with Gasteiger partial charge in [0.2, 0.25) is 0 Å². The smallest absolute Gasteiger partial charge is 0.407 e. The fraction of sp³-hybridized carbons (Fsp3) is 0.909. The minimum Gasteiger partial charge on any atom is -0.465 e. The van der Waals surface area contributed by atoms with Gasteiger partial charge in [-0.1, -0.05) is 0 Å². The zero-order chi connectivity index (χ0) is 13.6. The number of likely N-dealkylation sites (tertiary alicyclic amines) is 1. The summed E-state index contributed by atoms with van der Waals surface area (Å²) in [5.41, 5.74) is 0.